The average molecular weight is 354 g/mol. The number of halogens is 4. The lowest BCUT2D eigenvalue weighted by atomic mass is 10.2. The Hall–Kier alpha value is -2.67. The Morgan fingerprint density at radius 2 is 1.67 bits per heavy atom. The quantitative estimate of drug-likeness (QED) is 0.561. The van der Waals surface area contributed by atoms with Crippen LogP contribution in [0.15, 0.2) is 48.7 Å². The molecular formula is C16H11ClF3N3O. The highest BCUT2D eigenvalue weighted by Gasteiger charge is 2.33. The van der Waals surface area contributed by atoms with Crippen molar-refractivity contribution < 1.29 is 18.0 Å². The van der Waals surface area contributed by atoms with Gasteiger partial charge >= 0.3 is 12.2 Å². The number of hydrogen-bond donors (Lipinski definition) is 3. The molecule has 0 fully saturated rings. The van der Waals surface area contributed by atoms with E-state index in [0.29, 0.717) is 5.69 Å². The Morgan fingerprint density at radius 1 is 1.00 bits per heavy atom. The number of urea groups is 1. The number of nitrogens with one attached hydrogen (secondary N) is 3. The van der Waals surface area contributed by atoms with E-state index in [2.05, 4.69) is 15.6 Å². The number of anilines is 2. The summed E-state index contributed by atoms with van der Waals surface area (Å²) in [5, 5.41) is 5.56. The first-order chi connectivity index (χ1) is 11.3. The minimum absolute atomic E-state index is 0.159. The number of carbonyl (C=O) groups is 1. The normalized spacial score (nSPS) is 11.5. The van der Waals surface area contributed by atoms with Gasteiger partial charge in [-0.2, -0.15) is 13.2 Å². The Kier molecular flexibility index (Phi) is 4.11. The summed E-state index contributed by atoms with van der Waals surface area (Å²) in [4.78, 5) is 15.0. The van der Waals surface area contributed by atoms with Crippen molar-refractivity contribution in [3.63, 3.8) is 0 Å². The molecule has 2 amide bonds. The molecule has 8 heteroatoms. The topological polar surface area (TPSA) is 56.9 Å². The van der Waals surface area contributed by atoms with Crippen LogP contribution in [0.5, 0.6) is 0 Å². The fourth-order valence-corrected chi connectivity index (χ4v) is 2.53. The Morgan fingerprint density at radius 3 is 2.33 bits per heavy atom. The maximum Gasteiger partial charge on any atom is 0.417 e. The summed E-state index contributed by atoms with van der Waals surface area (Å²) in [6.45, 7) is 0. The molecule has 0 saturated heterocycles. The van der Waals surface area contributed by atoms with Crippen LogP contribution in [0.3, 0.4) is 0 Å². The molecule has 3 aromatic rings. The Bertz CT molecular complexity index is 905. The Labute approximate surface area is 139 Å². The summed E-state index contributed by atoms with van der Waals surface area (Å²) in [6.07, 6.45) is -2.76. The van der Waals surface area contributed by atoms with E-state index in [-0.39, 0.29) is 5.69 Å². The van der Waals surface area contributed by atoms with Gasteiger partial charge in [-0.25, -0.2) is 4.79 Å². The zero-order valence-electron chi connectivity index (χ0n) is 12.0. The van der Waals surface area contributed by atoms with Crippen molar-refractivity contribution in [1.82, 2.24) is 4.98 Å². The van der Waals surface area contributed by atoms with E-state index in [1.54, 1.807) is 18.3 Å². The maximum absolute atomic E-state index is 12.6. The smallest absolute Gasteiger partial charge is 0.361 e. The fraction of sp³-hybridized carbons (Fsp3) is 0.0625. The molecule has 0 radical (unpaired) electrons. The lowest BCUT2D eigenvalue weighted by Crippen LogP contribution is -2.19. The van der Waals surface area contributed by atoms with E-state index < -0.39 is 22.8 Å². The highest BCUT2D eigenvalue weighted by molar-refractivity contribution is 6.31. The van der Waals surface area contributed by atoms with Gasteiger partial charge in [0.25, 0.3) is 0 Å². The van der Waals surface area contributed by atoms with Gasteiger partial charge < -0.3 is 15.6 Å². The highest BCUT2D eigenvalue weighted by atomic mass is 35.5. The number of fused-ring (bicyclic) bond motifs is 1. The van der Waals surface area contributed by atoms with Gasteiger partial charge in [-0.3, -0.25) is 0 Å². The number of H-pyrrole nitrogens is 1. The molecule has 0 aliphatic carbocycles. The summed E-state index contributed by atoms with van der Waals surface area (Å²) in [7, 11) is 0. The van der Waals surface area contributed by atoms with Gasteiger partial charge in [0.15, 0.2) is 0 Å². The van der Waals surface area contributed by atoms with Crippen LogP contribution in [0.4, 0.5) is 29.3 Å². The molecule has 0 aliphatic rings. The van der Waals surface area contributed by atoms with Gasteiger partial charge in [-0.1, -0.05) is 17.7 Å². The van der Waals surface area contributed by atoms with Crippen LogP contribution in [-0.4, -0.2) is 11.0 Å². The third-order valence-electron chi connectivity index (χ3n) is 3.35. The summed E-state index contributed by atoms with van der Waals surface area (Å²) in [6, 6.07) is 9.62. The first-order valence-electron chi connectivity index (χ1n) is 6.85. The average Bonchev–Trinajstić information content (AvgIpc) is 2.93. The van der Waals surface area contributed by atoms with Crippen LogP contribution < -0.4 is 10.6 Å². The lowest BCUT2D eigenvalue weighted by Gasteiger charge is -2.12. The molecule has 1 heterocycles. The monoisotopic (exact) mass is 353 g/mol. The standard InChI is InChI=1S/C16H11ClF3N3O/c17-13-7-10(3-4-12(13)16(18,19)20)22-15(24)23-11-2-1-9-5-6-21-14(9)8-11/h1-8,21H,(H2,22,23,24). The third kappa shape index (κ3) is 3.46. The van der Waals surface area contributed by atoms with Gasteiger partial charge in [0.1, 0.15) is 0 Å². The van der Waals surface area contributed by atoms with Crippen molar-refractivity contribution >= 4 is 39.9 Å². The molecule has 1 aromatic heterocycles. The van der Waals surface area contributed by atoms with Crippen LogP contribution in [-0.2, 0) is 6.18 Å². The van der Waals surface area contributed by atoms with E-state index in [9.17, 15) is 18.0 Å². The zero-order valence-corrected chi connectivity index (χ0v) is 12.8. The van der Waals surface area contributed by atoms with Crippen LogP contribution in [0.25, 0.3) is 10.9 Å². The molecule has 24 heavy (non-hydrogen) atoms. The molecule has 0 bridgehead atoms. The molecule has 0 spiro atoms. The van der Waals surface area contributed by atoms with E-state index in [1.165, 1.54) is 0 Å². The number of rotatable bonds is 2. The van der Waals surface area contributed by atoms with Gasteiger partial charge in [0, 0.05) is 23.1 Å². The number of alkyl halides is 3. The van der Waals surface area contributed by atoms with Crippen molar-refractivity contribution in [3.8, 4) is 0 Å². The van der Waals surface area contributed by atoms with Crippen LogP contribution in [0.1, 0.15) is 5.56 Å². The van der Waals surface area contributed by atoms with Gasteiger partial charge in [-0.15, -0.1) is 0 Å². The molecular weight excluding hydrogens is 343 g/mol. The summed E-state index contributed by atoms with van der Waals surface area (Å²) in [5.74, 6) is 0. The van der Waals surface area contributed by atoms with Crippen molar-refractivity contribution in [2.24, 2.45) is 0 Å². The van der Waals surface area contributed by atoms with Crippen molar-refractivity contribution in [1.29, 1.82) is 0 Å². The van der Waals surface area contributed by atoms with E-state index in [4.69, 9.17) is 11.6 Å². The number of aromatic nitrogens is 1. The van der Waals surface area contributed by atoms with E-state index in [1.807, 2.05) is 12.1 Å². The van der Waals surface area contributed by atoms with E-state index in [0.717, 1.165) is 29.1 Å². The minimum atomic E-state index is -4.54. The fourth-order valence-electron chi connectivity index (χ4n) is 2.24. The SMILES string of the molecule is O=C(Nc1ccc(C(F)(F)F)c(Cl)c1)Nc1ccc2cc[nH]c2c1. The molecule has 0 atom stereocenters. The number of carbonyl (C=O) groups excluding carboxylic acids is 1. The first-order valence-corrected chi connectivity index (χ1v) is 7.22. The van der Waals surface area contributed by atoms with Gasteiger partial charge in [-0.05, 0) is 41.8 Å². The van der Waals surface area contributed by atoms with Crippen molar-refractivity contribution in [2.75, 3.05) is 10.6 Å². The molecule has 3 rings (SSSR count). The van der Waals surface area contributed by atoms with E-state index >= 15 is 0 Å². The van der Waals surface area contributed by atoms with Crippen LogP contribution in [0.2, 0.25) is 5.02 Å². The van der Waals surface area contributed by atoms with Crippen LogP contribution in [0, 0.1) is 0 Å². The second kappa shape index (κ2) is 6.09. The van der Waals surface area contributed by atoms with Crippen LogP contribution >= 0.6 is 11.6 Å². The summed E-state index contributed by atoms with van der Waals surface area (Å²) in [5.41, 5.74) is 0.601. The summed E-state index contributed by atoms with van der Waals surface area (Å²) >= 11 is 5.61. The minimum Gasteiger partial charge on any atom is -0.361 e. The first kappa shape index (κ1) is 16.2. The largest absolute Gasteiger partial charge is 0.417 e. The second-order valence-electron chi connectivity index (χ2n) is 5.05. The molecule has 124 valence electrons. The molecule has 3 N–H and O–H groups in total. The molecule has 4 nitrogen and oxygen atoms in total. The number of benzene rings is 2. The van der Waals surface area contributed by atoms with Crippen molar-refractivity contribution in [2.45, 2.75) is 6.18 Å². The van der Waals surface area contributed by atoms with Crippen molar-refractivity contribution in [3.05, 3.63) is 59.2 Å². The van der Waals surface area contributed by atoms with Gasteiger partial charge in [0.2, 0.25) is 0 Å². The lowest BCUT2D eigenvalue weighted by molar-refractivity contribution is -0.137. The maximum atomic E-state index is 12.6. The molecule has 2 aromatic carbocycles. The molecule has 0 aliphatic heterocycles. The van der Waals surface area contributed by atoms with Gasteiger partial charge in [0.05, 0.1) is 10.6 Å². The number of hydrogen-bond acceptors (Lipinski definition) is 1. The Balaban J connectivity index is 1.71. The molecule has 0 saturated carbocycles. The zero-order chi connectivity index (χ0) is 17.3. The summed E-state index contributed by atoms with van der Waals surface area (Å²) < 4.78 is 37.9. The molecule has 0 unspecified atom stereocenters. The second-order valence-corrected chi connectivity index (χ2v) is 5.46. The number of amides is 2. The number of aromatic amines is 1. The third-order valence-corrected chi connectivity index (χ3v) is 3.66. The highest BCUT2D eigenvalue weighted by Crippen LogP contribution is 2.35. The predicted octanol–water partition coefficient (Wildman–Crippen LogP) is 5.48. The predicted molar refractivity (Wildman–Crippen MR) is 87.4 cm³/mol.